The summed E-state index contributed by atoms with van der Waals surface area (Å²) in [7, 11) is 1.61. The van der Waals surface area contributed by atoms with E-state index in [1.165, 1.54) is 17.1 Å². The first-order chi connectivity index (χ1) is 11.0. The van der Waals surface area contributed by atoms with E-state index in [9.17, 15) is 9.59 Å². The van der Waals surface area contributed by atoms with E-state index in [1.54, 1.807) is 14.0 Å². The van der Waals surface area contributed by atoms with Crippen molar-refractivity contribution in [3.8, 4) is 5.75 Å². The second kappa shape index (κ2) is 7.44. The van der Waals surface area contributed by atoms with Gasteiger partial charge in [-0.3, -0.25) is 9.48 Å². The number of amides is 1. The lowest BCUT2D eigenvalue weighted by Gasteiger charge is -2.12. The van der Waals surface area contributed by atoms with E-state index in [4.69, 9.17) is 9.84 Å². The van der Waals surface area contributed by atoms with E-state index in [1.807, 2.05) is 24.3 Å². The number of hydrogen-bond donors (Lipinski definition) is 2. The third kappa shape index (κ3) is 4.32. The van der Waals surface area contributed by atoms with Crippen LogP contribution < -0.4 is 10.1 Å². The number of hydrogen-bond acceptors (Lipinski definition) is 4. The molecule has 1 amide bonds. The molecule has 0 saturated heterocycles. The SMILES string of the molecule is COc1ccc(CCNC(=O)C(C)n2cc(C(=O)O)cn2)cc1. The average molecular weight is 317 g/mol. The molecule has 2 N–H and O–H groups in total. The number of carboxylic acid groups (broad SMARTS) is 1. The lowest BCUT2D eigenvalue weighted by molar-refractivity contribution is -0.124. The quantitative estimate of drug-likeness (QED) is 0.807. The molecule has 0 bridgehead atoms. The Morgan fingerprint density at radius 3 is 2.61 bits per heavy atom. The largest absolute Gasteiger partial charge is 0.497 e. The summed E-state index contributed by atoms with van der Waals surface area (Å²) in [4.78, 5) is 22.9. The second-order valence-corrected chi connectivity index (χ2v) is 5.08. The number of ether oxygens (including phenoxy) is 1. The summed E-state index contributed by atoms with van der Waals surface area (Å²) >= 11 is 0. The van der Waals surface area contributed by atoms with Crippen LogP contribution in [0.5, 0.6) is 5.75 Å². The molecule has 0 fully saturated rings. The van der Waals surface area contributed by atoms with Gasteiger partial charge >= 0.3 is 5.97 Å². The number of nitrogens with zero attached hydrogens (tertiary/aromatic N) is 2. The molecule has 0 saturated carbocycles. The van der Waals surface area contributed by atoms with Crippen LogP contribution in [0.25, 0.3) is 0 Å². The fourth-order valence-electron chi connectivity index (χ4n) is 2.05. The Labute approximate surface area is 133 Å². The monoisotopic (exact) mass is 317 g/mol. The molecule has 0 radical (unpaired) electrons. The van der Waals surface area contributed by atoms with E-state index in [-0.39, 0.29) is 11.5 Å². The van der Waals surface area contributed by atoms with Gasteiger partial charge in [0.25, 0.3) is 0 Å². The standard InChI is InChI=1S/C16H19N3O4/c1-11(19-10-13(9-18-19)16(21)22)15(20)17-8-7-12-3-5-14(23-2)6-4-12/h3-6,9-11H,7-8H2,1-2H3,(H,17,20)(H,21,22). The Balaban J connectivity index is 1.84. The summed E-state index contributed by atoms with van der Waals surface area (Å²) in [5.41, 5.74) is 1.15. The number of carboxylic acids is 1. The maximum Gasteiger partial charge on any atom is 0.338 e. The molecule has 1 aromatic heterocycles. The molecular weight excluding hydrogens is 298 g/mol. The van der Waals surface area contributed by atoms with Gasteiger partial charge in [-0.25, -0.2) is 4.79 Å². The van der Waals surface area contributed by atoms with Crippen LogP contribution in [0.2, 0.25) is 0 Å². The lowest BCUT2D eigenvalue weighted by Crippen LogP contribution is -2.32. The smallest absolute Gasteiger partial charge is 0.338 e. The molecule has 0 aliphatic carbocycles. The van der Waals surface area contributed by atoms with Crippen LogP contribution in [0.3, 0.4) is 0 Å². The van der Waals surface area contributed by atoms with Gasteiger partial charge in [0, 0.05) is 12.7 Å². The van der Waals surface area contributed by atoms with Gasteiger partial charge in [0.05, 0.1) is 18.9 Å². The van der Waals surface area contributed by atoms with E-state index in [0.29, 0.717) is 13.0 Å². The number of aromatic nitrogens is 2. The van der Waals surface area contributed by atoms with Crippen LogP contribution in [-0.4, -0.2) is 40.4 Å². The van der Waals surface area contributed by atoms with Crippen molar-refractivity contribution in [3.05, 3.63) is 47.8 Å². The fraction of sp³-hybridized carbons (Fsp3) is 0.312. The van der Waals surface area contributed by atoms with E-state index < -0.39 is 12.0 Å². The Kier molecular flexibility index (Phi) is 5.35. The van der Waals surface area contributed by atoms with Crippen molar-refractivity contribution >= 4 is 11.9 Å². The Morgan fingerprint density at radius 2 is 2.04 bits per heavy atom. The molecule has 23 heavy (non-hydrogen) atoms. The van der Waals surface area contributed by atoms with Crippen molar-refractivity contribution < 1.29 is 19.4 Å². The van der Waals surface area contributed by atoms with Gasteiger partial charge in [0.15, 0.2) is 0 Å². The van der Waals surface area contributed by atoms with Crippen LogP contribution in [0, 0.1) is 0 Å². The van der Waals surface area contributed by atoms with Crippen molar-refractivity contribution in [2.24, 2.45) is 0 Å². The minimum Gasteiger partial charge on any atom is -0.497 e. The molecule has 0 aliphatic rings. The lowest BCUT2D eigenvalue weighted by atomic mass is 10.1. The van der Waals surface area contributed by atoms with Crippen LogP contribution in [-0.2, 0) is 11.2 Å². The van der Waals surface area contributed by atoms with Gasteiger partial charge in [-0.1, -0.05) is 12.1 Å². The fourth-order valence-corrected chi connectivity index (χ4v) is 2.05. The van der Waals surface area contributed by atoms with E-state index in [2.05, 4.69) is 10.4 Å². The maximum absolute atomic E-state index is 12.1. The van der Waals surface area contributed by atoms with Crippen molar-refractivity contribution in [3.63, 3.8) is 0 Å². The minimum atomic E-state index is -1.07. The zero-order valence-electron chi connectivity index (χ0n) is 13.0. The average Bonchev–Trinajstić information content (AvgIpc) is 3.05. The zero-order valence-corrected chi connectivity index (χ0v) is 13.0. The van der Waals surface area contributed by atoms with E-state index >= 15 is 0 Å². The molecule has 1 atom stereocenters. The molecule has 122 valence electrons. The van der Waals surface area contributed by atoms with Gasteiger partial charge in [-0.15, -0.1) is 0 Å². The van der Waals surface area contributed by atoms with Crippen molar-refractivity contribution in [2.45, 2.75) is 19.4 Å². The van der Waals surface area contributed by atoms with Crippen LogP contribution in [0.4, 0.5) is 0 Å². The number of carbonyl (C=O) groups excluding carboxylic acids is 1. The summed E-state index contributed by atoms with van der Waals surface area (Å²) in [6.45, 7) is 2.16. The highest BCUT2D eigenvalue weighted by molar-refractivity contribution is 5.87. The number of aromatic carboxylic acids is 1. The van der Waals surface area contributed by atoms with E-state index in [0.717, 1.165) is 11.3 Å². The first-order valence-corrected chi connectivity index (χ1v) is 7.19. The summed E-state index contributed by atoms with van der Waals surface area (Å²) in [5.74, 6) is -0.485. The highest BCUT2D eigenvalue weighted by Gasteiger charge is 2.17. The molecule has 0 spiro atoms. The highest BCUT2D eigenvalue weighted by atomic mass is 16.5. The molecule has 2 aromatic rings. The molecule has 1 heterocycles. The van der Waals surface area contributed by atoms with Gasteiger partial charge in [-0.05, 0) is 31.0 Å². The number of carbonyl (C=O) groups is 2. The number of benzene rings is 1. The molecular formula is C16H19N3O4. The Hall–Kier alpha value is -2.83. The summed E-state index contributed by atoms with van der Waals surface area (Å²) in [5, 5.41) is 15.6. The zero-order chi connectivity index (χ0) is 16.8. The molecule has 1 unspecified atom stereocenters. The molecule has 1 aromatic carbocycles. The van der Waals surface area contributed by atoms with Crippen molar-refractivity contribution in [2.75, 3.05) is 13.7 Å². The van der Waals surface area contributed by atoms with Crippen LogP contribution >= 0.6 is 0 Å². The van der Waals surface area contributed by atoms with Gasteiger partial charge < -0.3 is 15.2 Å². The second-order valence-electron chi connectivity index (χ2n) is 5.08. The minimum absolute atomic E-state index is 0.0582. The normalized spacial score (nSPS) is 11.7. The Morgan fingerprint density at radius 1 is 1.35 bits per heavy atom. The number of methoxy groups -OCH3 is 1. The predicted molar refractivity (Wildman–Crippen MR) is 83.6 cm³/mol. The topological polar surface area (TPSA) is 93.5 Å². The number of nitrogens with one attached hydrogen (secondary N) is 1. The molecule has 0 aliphatic heterocycles. The van der Waals surface area contributed by atoms with Crippen molar-refractivity contribution in [1.29, 1.82) is 0 Å². The Bertz CT molecular complexity index is 679. The first kappa shape index (κ1) is 16.5. The molecule has 2 rings (SSSR count). The third-order valence-corrected chi connectivity index (χ3v) is 3.50. The molecule has 7 nitrogen and oxygen atoms in total. The van der Waals surface area contributed by atoms with Gasteiger partial charge in [0.1, 0.15) is 11.8 Å². The van der Waals surface area contributed by atoms with Gasteiger partial charge in [0.2, 0.25) is 5.91 Å². The number of rotatable bonds is 7. The summed E-state index contributed by atoms with van der Waals surface area (Å²) in [6, 6.07) is 7.06. The van der Waals surface area contributed by atoms with Crippen LogP contribution in [0.15, 0.2) is 36.7 Å². The third-order valence-electron chi connectivity index (χ3n) is 3.50. The van der Waals surface area contributed by atoms with Crippen molar-refractivity contribution in [1.82, 2.24) is 15.1 Å². The molecule has 7 heteroatoms. The highest BCUT2D eigenvalue weighted by Crippen LogP contribution is 2.11. The summed E-state index contributed by atoms with van der Waals surface area (Å²) in [6.07, 6.45) is 3.27. The van der Waals surface area contributed by atoms with Crippen LogP contribution in [0.1, 0.15) is 28.9 Å². The first-order valence-electron chi connectivity index (χ1n) is 7.19. The summed E-state index contributed by atoms with van der Waals surface area (Å²) < 4.78 is 6.43. The maximum atomic E-state index is 12.1. The predicted octanol–water partition coefficient (Wildman–Crippen LogP) is 1.51. The van der Waals surface area contributed by atoms with Gasteiger partial charge in [-0.2, -0.15) is 5.10 Å².